The van der Waals surface area contributed by atoms with Gasteiger partial charge >= 0.3 is 23.9 Å². The summed E-state index contributed by atoms with van der Waals surface area (Å²) in [5.74, 6) is -0.939. The molecule has 0 heterocycles. The molecule has 42 heavy (non-hydrogen) atoms. The van der Waals surface area contributed by atoms with Crippen LogP contribution in [0.3, 0.4) is 0 Å². The smallest absolute Gasteiger partial charge is 0.343 e. The number of hydrogen-bond acceptors (Lipinski definition) is 10. The number of esters is 4. The van der Waals surface area contributed by atoms with Gasteiger partial charge in [-0.1, -0.05) is 25.3 Å². The first-order valence-corrected chi connectivity index (χ1v) is 12.4. The molecule has 0 atom stereocenters. The zero-order valence-corrected chi connectivity index (χ0v) is 23.0. The number of carbonyl (C=O) groups is 4. The maximum Gasteiger partial charge on any atom is 0.343 e. The van der Waals surface area contributed by atoms with Gasteiger partial charge in [0, 0.05) is 17.2 Å². The van der Waals surface area contributed by atoms with E-state index < -0.39 is 23.9 Å². The van der Waals surface area contributed by atoms with Gasteiger partial charge in [0.05, 0.1) is 5.56 Å². The first-order valence-electron chi connectivity index (χ1n) is 12.4. The second kappa shape index (κ2) is 15.2. The lowest BCUT2D eigenvalue weighted by molar-refractivity contribution is -0.146. The van der Waals surface area contributed by atoms with E-state index in [-0.39, 0.29) is 41.8 Å². The summed E-state index contributed by atoms with van der Waals surface area (Å²) in [4.78, 5) is 47.4. The van der Waals surface area contributed by atoms with E-state index in [9.17, 15) is 19.2 Å². The van der Waals surface area contributed by atoms with Gasteiger partial charge in [0.2, 0.25) is 13.6 Å². The molecule has 0 aliphatic carbocycles. The average molecular weight is 573 g/mol. The molecular formula is C32H28O10. The Morgan fingerprint density at radius 3 is 1.52 bits per heavy atom. The molecule has 0 radical (unpaired) electrons. The van der Waals surface area contributed by atoms with E-state index in [4.69, 9.17) is 28.4 Å². The summed E-state index contributed by atoms with van der Waals surface area (Å²) in [6.07, 6.45) is 2.82. The van der Waals surface area contributed by atoms with Crippen LogP contribution in [-0.2, 0) is 23.9 Å². The largest absolute Gasteiger partial charge is 0.457 e. The van der Waals surface area contributed by atoms with Crippen molar-refractivity contribution in [2.75, 3.05) is 13.6 Å². The van der Waals surface area contributed by atoms with Gasteiger partial charge in [-0.25, -0.2) is 19.2 Å². The molecule has 0 aliphatic heterocycles. The first-order chi connectivity index (χ1) is 20.1. The molecule has 216 valence electrons. The van der Waals surface area contributed by atoms with Crippen molar-refractivity contribution in [2.24, 2.45) is 0 Å². The lowest BCUT2D eigenvalue weighted by atomic mass is 10.2. The predicted octanol–water partition coefficient (Wildman–Crippen LogP) is 5.44. The molecule has 0 saturated heterocycles. The van der Waals surface area contributed by atoms with Crippen LogP contribution in [0.1, 0.15) is 29.8 Å². The summed E-state index contributed by atoms with van der Waals surface area (Å²) in [5, 5.41) is 0. The Labute approximate surface area is 242 Å². The molecular weight excluding hydrogens is 544 g/mol. The van der Waals surface area contributed by atoms with Gasteiger partial charge in [0.1, 0.15) is 23.0 Å². The third-order valence-corrected chi connectivity index (χ3v) is 5.16. The highest BCUT2D eigenvalue weighted by Gasteiger charge is 2.10. The van der Waals surface area contributed by atoms with Crippen molar-refractivity contribution in [3.63, 3.8) is 0 Å². The Morgan fingerprint density at radius 2 is 1.05 bits per heavy atom. The molecule has 0 bridgehead atoms. The summed E-state index contributed by atoms with van der Waals surface area (Å²) in [7, 11) is 0. The van der Waals surface area contributed by atoms with Crippen molar-refractivity contribution in [3.05, 3.63) is 114 Å². The monoisotopic (exact) mass is 572 g/mol. The Morgan fingerprint density at radius 1 is 0.619 bits per heavy atom. The minimum Gasteiger partial charge on any atom is -0.457 e. The molecule has 0 fully saturated rings. The highest BCUT2D eigenvalue weighted by molar-refractivity contribution is 5.91. The highest BCUT2D eigenvalue weighted by Crippen LogP contribution is 2.20. The van der Waals surface area contributed by atoms with Crippen molar-refractivity contribution in [3.8, 4) is 23.0 Å². The zero-order valence-electron chi connectivity index (χ0n) is 23.0. The van der Waals surface area contributed by atoms with Crippen LogP contribution < -0.4 is 18.9 Å². The van der Waals surface area contributed by atoms with E-state index in [0.29, 0.717) is 17.1 Å². The van der Waals surface area contributed by atoms with Crippen molar-refractivity contribution in [1.82, 2.24) is 0 Å². The summed E-state index contributed by atoms with van der Waals surface area (Å²) in [5.41, 5.74) is 1.52. The maximum absolute atomic E-state index is 12.4. The molecule has 0 aliphatic rings. The molecule has 3 aromatic rings. The molecule has 3 aromatic carbocycles. The van der Waals surface area contributed by atoms with E-state index in [0.717, 1.165) is 0 Å². The predicted molar refractivity (Wildman–Crippen MR) is 152 cm³/mol. The third kappa shape index (κ3) is 10.2. The van der Waals surface area contributed by atoms with Crippen LogP contribution in [0, 0.1) is 0 Å². The fraction of sp³-hybridized carbons (Fsp3) is 0.125. The summed E-state index contributed by atoms with van der Waals surface area (Å²) in [6.45, 7) is 9.49. The second-order valence-corrected chi connectivity index (χ2v) is 8.66. The Kier molecular flexibility index (Phi) is 11.2. The van der Waals surface area contributed by atoms with E-state index in [2.05, 4.69) is 13.2 Å². The summed E-state index contributed by atoms with van der Waals surface area (Å²) < 4.78 is 31.0. The minimum atomic E-state index is -0.608. The molecule has 0 aromatic heterocycles. The molecule has 0 N–H and O–H groups in total. The van der Waals surface area contributed by atoms with E-state index in [1.54, 1.807) is 30.3 Å². The van der Waals surface area contributed by atoms with E-state index >= 15 is 0 Å². The summed E-state index contributed by atoms with van der Waals surface area (Å²) in [6, 6.07) is 18.8. The van der Waals surface area contributed by atoms with Crippen LogP contribution >= 0.6 is 0 Å². The average Bonchev–Trinajstić information content (AvgIpc) is 2.97. The number of carbonyl (C=O) groups excluding carboxylic acids is 4. The molecule has 0 spiro atoms. The maximum atomic E-state index is 12.4. The van der Waals surface area contributed by atoms with Gasteiger partial charge in [-0.3, -0.25) is 0 Å². The lowest BCUT2D eigenvalue weighted by Crippen LogP contribution is -2.11. The molecule has 0 amide bonds. The normalized spacial score (nSPS) is 10.3. The van der Waals surface area contributed by atoms with E-state index in [1.165, 1.54) is 68.5 Å². The van der Waals surface area contributed by atoms with Gasteiger partial charge in [0.25, 0.3) is 0 Å². The van der Waals surface area contributed by atoms with Gasteiger partial charge in [-0.2, -0.15) is 0 Å². The van der Waals surface area contributed by atoms with Crippen molar-refractivity contribution in [2.45, 2.75) is 13.8 Å². The summed E-state index contributed by atoms with van der Waals surface area (Å²) >= 11 is 0. The SMILES string of the molecule is C=C(C)C(=O)OCOc1ccc(/C=C/C(=O)Oc2ccc(OC(=O)c3ccc(OCOC(=O)C(=C)C)cc3)cc2)cc1. The van der Waals surface area contributed by atoms with Gasteiger partial charge in [0.15, 0.2) is 0 Å². The Hall–Kier alpha value is -5.64. The Balaban J connectivity index is 1.43. The topological polar surface area (TPSA) is 124 Å². The van der Waals surface area contributed by atoms with Gasteiger partial charge in [-0.15, -0.1) is 0 Å². The number of rotatable bonds is 13. The van der Waals surface area contributed by atoms with Crippen LogP contribution in [-0.4, -0.2) is 37.5 Å². The van der Waals surface area contributed by atoms with Crippen LogP contribution in [0.25, 0.3) is 6.08 Å². The fourth-order valence-corrected chi connectivity index (χ4v) is 2.97. The lowest BCUT2D eigenvalue weighted by Gasteiger charge is -2.08. The molecule has 0 saturated carbocycles. The molecule has 0 unspecified atom stereocenters. The zero-order chi connectivity index (χ0) is 30.5. The van der Waals surface area contributed by atoms with Crippen LogP contribution in [0.15, 0.2) is 103 Å². The first kappa shape index (κ1) is 30.9. The molecule has 3 rings (SSSR count). The molecule has 10 heteroatoms. The Bertz CT molecular complexity index is 1470. The van der Waals surface area contributed by atoms with Crippen molar-refractivity contribution < 1.29 is 47.6 Å². The fourth-order valence-electron chi connectivity index (χ4n) is 2.97. The second-order valence-electron chi connectivity index (χ2n) is 8.66. The van der Waals surface area contributed by atoms with Crippen molar-refractivity contribution >= 4 is 30.0 Å². The van der Waals surface area contributed by atoms with E-state index in [1.807, 2.05) is 0 Å². The van der Waals surface area contributed by atoms with Gasteiger partial charge in [-0.05, 0) is 86.2 Å². The number of ether oxygens (including phenoxy) is 6. The third-order valence-electron chi connectivity index (χ3n) is 5.16. The highest BCUT2D eigenvalue weighted by atomic mass is 16.7. The van der Waals surface area contributed by atoms with Crippen LogP contribution in [0.2, 0.25) is 0 Å². The molecule has 10 nitrogen and oxygen atoms in total. The van der Waals surface area contributed by atoms with Crippen molar-refractivity contribution in [1.29, 1.82) is 0 Å². The number of hydrogen-bond donors (Lipinski definition) is 0. The van der Waals surface area contributed by atoms with Crippen LogP contribution in [0.4, 0.5) is 0 Å². The van der Waals surface area contributed by atoms with Gasteiger partial charge < -0.3 is 28.4 Å². The quantitative estimate of drug-likeness (QED) is 0.113. The standard InChI is InChI=1S/C32H28O10/c1-21(2)30(34)39-19-37-25-10-5-23(6-11-25)7-18-29(33)41-27-14-16-28(17-15-27)42-32(36)24-8-12-26(13-9-24)38-20-40-31(35)22(3)4/h5-18H,1,3,19-20H2,2,4H3/b18-7+. The van der Waals surface area contributed by atoms with Crippen LogP contribution in [0.5, 0.6) is 23.0 Å². The number of benzene rings is 3. The minimum absolute atomic E-state index is 0.245.